The predicted molar refractivity (Wildman–Crippen MR) is 119 cm³/mol. The van der Waals surface area contributed by atoms with Crippen molar-refractivity contribution < 1.29 is 9.47 Å². The van der Waals surface area contributed by atoms with Gasteiger partial charge in [-0.05, 0) is 60.9 Å². The van der Waals surface area contributed by atoms with Crippen LogP contribution in [0.1, 0.15) is 30.0 Å². The van der Waals surface area contributed by atoms with Crippen LogP contribution in [-0.4, -0.2) is 46.0 Å². The van der Waals surface area contributed by atoms with E-state index in [4.69, 9.17) is 9.47 Å². The largest absolute Gasteiger partial charge is 0.497 e. The number of hydrogen-bond acceptors (Lipinski definition) is 5. The van der Waals surface area contributed by atoms with Crippen LogP contribution in [0.15, 0.2) is 61.1 Å². The first-order chi connectivity index (χ1) is 15.2. The lowest BCUT2D eigenvalue weighted by molar-refractivity contribution is 0.0459. The van der Waals surface area contributed by atoms with Crippen LogP contribution in [0.2, 0.25) is 0 Å². The number of aryl methyl sites for hydroxylation is 1. The molecule has 2 aromatic heterocycles. The molecule has 0 N–H and O–H groups in total. The fourth-order valence-corrected chi connectivity index (χ4v) is 5.20. The molecule has 1 aromatic carbocycles. The number of methoxy groups -OCH3 is 1. The number of benzene rings is 1. The van der Waals surface area contributed by atoms with Crippen molar-refractivity contribution in [3.8, 4) is 11.6 Å². The topological polar surface area (TPSA) is 52.4 Å². The minimum absolute atomic E-state index is 0.0800. The molecule has 1 aliphatic carbocycles. The SMILES string of the molecule is COc1ccc(CN2C[C@H]3C[C@H](Oc4ccccn4)[C@@H](n4cc(C)cn4)C[C@H]3C2)cc1. The lowest BCUT2D eigenvalue weighted by Crippen LogP contribution is -2.40. The van der Waals surface area contributed by atoms with E-state index in [1.54, 1.807) is 13.3 Å². The van der Waals surface area contributed by atoms with Crippen LogP contribution >= 0.6 is 0 Å². The summed E-state index contributed by atoms with van der Waals surface area (Å²) in [5.74, 6) is 2.91. The van der Waals surface area contributed by atoms with Gasteiger partial charge in [0.15, 0.2) is 0 Å². The van der Waals surface area contributed by atoms with Gasteiger partial charge in [0.2, 0.25) is 5.88 Å². The van der Waals surface area contributed by atoms with Gasteiger partial charge in [0.1, 0.15) is 11.9 Å². The zero-order valence-corrected chi connectivity index (χ0v) is 18.2. The number of ether oxygens (including phenoxy) is 2. The summed E-state index contributed by atoms with van der Waals surface area (Å²) >= 11 is 0. The number of likely N-dealkylation sites (tertiary alicyclic amines) is 1. The van der Waals surface area contributed by atoms with E-state index in [9.17, 15) is 0 Å². The molecule has 1 aliphatic heterocycles. The Labute approximate surface area is 183 Å². The van der Waals surface area contributed by atoms with Crippen LogP contribution in [0.5, 0.6) is 11.6 Å². The average molecular weight is 419 g/mol. The summed E-state index contributed by atoms with van der Waals surface area (Å²) in [6.07, 6.45) is 8.07. The van der Waals surface area contributed by atoms with Crippen molar-refractivity contribution in [1.29, 1.82) is 0 Å². The van der Waals surface area contributed by atoms with Crippen LogP contribution < -0.4 is 9.47 Å². The Bertz CT molecular complexity index is 988. The Morgan fingerprint density at radius 1 is 1.03 bits per heavy atom. The summed E-state index contributed by atoms with van der Waals surface area (Å²) in [6.45, 7) is 5.32. The lowest BCUT2D eigenvalue weighted by Gasteiger charge is -2.37. The molecule has 1 saturated heterocycles. The summed E-state index contributed by atoms with van der Waals surface area (Å²) in [7, 11) is 1.71. The minimum atomic E-state index is 0.0800. The summed E-state index contributed by atoms with van der Waals surface area (Å²) in [5, 5.41) is 4.64. The third kappa shape index (κ3) is 4.44. The highest BCUT2D eigenvalue weighted by Gasteiger charge is 2.44. The van der Waals surface area contributed by atoms with Gasteiger partial charge >= 0.3 is 0 Å². The van der Waals surface area contributed by atoms with Crippen molar-refractivity contribution in [3.63, 3.8) is 0 Å². The Balaban J connectivity index is 1.31. The van der Waals surface area contributed by atoms with Crippen molar-refractivity contribution in [2.45, 2.75) is 38.5 Å². The zero-order chi connectivity index (χ0) is 21.2. The third-order valence-electron chi connectivity index (χ3n) is 6.71. The predicted octanol–water partition coefficient (Wildman–Crippen LogP) is 4.13. The van der Waals surface area contributed by atoms with E-state index in [0.717, 1.165) is 38.2 Å². The van der Waals surface area contributed by atoms with Crippen LogP contribution in [0.4, 0.5) is 0 Å². The lowest BCUT2D eigenvalue weighted by atomic mass is 9.77. The maximum atomic E-state index is 6.41. The molecule has 3 heterocycles. The zero-order valence-electron chi connectivity index (χ0n) is 18.2. The number of hydrogen-bond donors (Lipinski definition) is 0. The number of rotatable bonds is 6. The van der Waals surface area contributed by atoms with Crippen LogP contribution in [-0.2, 0) is 6.54 Å². The molecule has 162 valence electrons. The molecule has 31 heavy (non-hydrogen) atoms. The Morgan fingerprint density at radius 3 is 2.52 bits per heavy atom. The van der Waals surface area contributed by atoms with E-state index in [1.807, 2.05) is 36.5 Å². The van der Waals surface area contributed by atoms with Crippen LogP contribution in [0.25, 0.3) is 0 Å². The molecule has 0 bridgehead atoms. The smallest absolute Gasteiger partial charge is 0.213 e. The summed E-state index contributed by atoms with van der Waals surface area (Å²) in [6, 6.07) is 14.5. The Morgan fingerprint density at radius 2 is 1.84 bits per heavy atom. The molecule has 5 rings (SSSR count). The van der Waals surface area contributed by atoms with Crippen molar-refractivity contribution >= 4 is 0 Å². The molecule has 2 aliphatic rings. The molecular formula is C25H30N4O2. The highest BCUT2D eigenvalue weighted by atomic mass is 16.5. The summed E-state index contributed by atoms with van der Waals surface area (Å²) in [4.78, 5) is 6.99. The molecule has 1 saturated carbocycles. The quantitative estimate of drug-likeness (QED) is 0.603. The van der Waals surface area contributed by atoms with Crippen molar-refractivity contribution in [3.05, 3.63) is 72.2 Å². The summed E-state index contributed by atoms with van der Waals surface area (Å²) in [5.41, 5.74) is 2.52. The molecule has 0 spiro atoms. The van der Waals surface area contributed by atoms with E-state index in [0.29, 0.717) is 17.7 Å². The van der Waals surface area contributed by atoms with Crippen molar-refractivity contribution in [1.82, 2.24) is 19.7 Å². The van der Waals surface area contributed by atoms with Crippen molar-refractivity contribution in [2.24, 2.45) is 11.8 Å². The number of fused-ring (bicyclic) bond motifs is 1. The maximum absolute atomic E-state index is 6.41. The molecular weight excluding hydrogens is 388 g/mol. The van der Waals surface area contributed by atoms with E-state index in [2.05, 4.69) is 44.9 Å². The van der Waals surface area contributed by atoms with Crippen molar-refractivity contribution in [2.75, 3.05) is 20.2 Å². The standard InChI is InChI=1S/C25H30N4O2/c1-18-13-27-29(14-18)23-11-20-16-28(15-19-6-8-22(30-2)9-7-19)17-21(20)12-24(23)31-25-5-3-4-10-26-25/h3-10,13-14,20-21,23-24H,11-12,15-17H2,1-2H3/t20-,21+,23-,24-/m0/s1. The highest BCUT2D eigenvalue weighted by molar-refractivity contribution is 5.27. The molecule has 2 fully saturated rings. The van der Waals surface area contributed by atoms with Crippen LogP contribution in [0.3, 0.4) is 0 Å². The Kier molecular flexibility index (Phi) is 5.64. The van der Waals surface area contributed by atoms with Gasteiger partial charge in [0.25, 0.3) is 0 Å². The second-order valence-electron chi connectivity index (χ2n) is 8.92. The molecule has 6 nitrogen and oxygen atoms in total. The van der Waals surface area contributed by atoms with Gasteiger partial charge in [-0.15, -0.1) is 0 Å². The fraction of sp³-hybridized carbons (Fsp3) is 0.440. The summed E-state index contributed by atoms with van der Waals surface area (Å²) < 4.78 is 13.8. The van der Waals surface area contributed by atoms with Gasteiger partial charge in [-0.3, -0.25) is 9.58 Å². The molecule has 4 atom stereocenters. The fourth-order valence-electron chi connectivity index (χ4n) is 5.20. The molecule has 6 heteroatoms. The normalized spacial score (nSPS) is 25.9. The first-order valence-electron chi connectivity index (χ1n) is 11.1. The van der Waals surface area contributed by atoms with E-state index < -0.39 is 0 Å². The van der Waals surface area contributed by atoms with E-state index >= 15 is 0 Å². The molecule has 3 aromatic rings. The number of aromatic nitrogens is 3. The first kappa shape index (κ1) is 20.1. The van der Waals surface area contributed by atoms with E-state index in [1.165, 1.54) is 11.1 Å². The van der Waals surface area contributed by atoms with Gasteiger partial charge in [0.05, 0.1) is 19.3 Å². The van der Waals surface area contributed by atoms with Crippen LogP contribution in [0, 0.1) is 18.8 Å². The highest BCUT2D eigenvalue weighted by Crippen LogP contribution is 2.42. The van der Waals surface area contributed by atoms with Gasteiger partial charge in [0, 0.05) is 38.1 Å². The van der Waals surface area contributed by atoms with Gasteiger partial charge < -0.3 is 9.47 Å². The van der Waals surface area contributed by atoms with E-state index in [-0.39, 0.29) is 12.1 Å². The molecule has 0 unspecified atom stereocenters. The first-order valence-corrected chi connectivity index (χ1v) is 11.1. The number of pyridine rings is 1. The monoisotopic (exact) mass is 418 g/mol. The minimum Gasteiger partial charge on any atom is -0.497 e. The second kappa shape index (κ2) is 8.71. The Hall–Kier alpha value is -2.86. The maximum Gasteiger partial charge on any atom is 0.213 e. The van der Waals surface area contributed by atoms with Gasteiger partial charge in [-0.1, -0.05) is 18.2 Å². The second-order valence-corrected chi connectivity index (χ2v) is 8.92. The number of nitrogens with zero attached hydrogens (tertiary/aromatic N) is 4. The van der Waals surface area contributed by atoms with Gasteiger partial charge in [-0.2, -0.15) is 5.10 Å². The molecule has 0 radical (unpaired) electrons. The third-order valence-corrected chi connectivity index (χ3v) is 6.71. The average Bonchev–Trinajstić information content (AvgIpc) is 3.39. The molecule has 0 amide bonds. The van der Waals surface area contributed by atoms with Gasteiger partial charge in [-0.25, -0.2) is 4.98 Å².